The maximum Gasteiger partial charge on any atom is 0.0876 e. The summed E-state index contributed by atoms with van der Waals surface area (Å²) < 4.78 is 0. The van der Waals surface area contributed by atoms with E-state index in [9.17, 15) is 0 Å². The van der Waals surface area contributed by atoms with Crippen molar-refractivity contribution in [3.8, 4) is 11.1 Å². The van der Waals surface area contributed by atoms with Crippen LogP contribution >= 0.6 is 0 Å². The molecular formula is C60H42N4. The maximum atomic E-state index is 4.07. The third-order valence-electron chi connectivity index (χ3n) is 12.4. The second-order valence-electron chi connectivity index (χ2n) is 16.5. The van der Waals surface area contributed by atoms with Crippen molar-refractivity contribution < 1.29 is 0 Å². The summed E-state index contributed by atoms with van der Waals surface area (Å²) >= 11 is 0. The van der Waals surface area contributed by atoms with E-state index in [2.05, 4.69) is 252 Å². The van der Waals surface area contributed by atoms with Crippen molar-refractivity contribution in [3.05, 3.63) is 231 Å². The number of hydrogen-bond donors (Lipinski definition) is 4. The molecule has 0 amide bonds. The summed E-state index contributed by atoms with van der Waals surface area (Å²) in [5, 5.41) is 30.1. The van der Waals surface area contributed by atoms with E-state index in [4.69, 9.17) is 0 Å². The van der Waals surface area contributed by atoms with Crippen LogP contribution in [0.5, 0.6) is 0 Å². The number of fused-ring (bicyclic) bond motifs is 6. The molecule has 0 saturated heterocycles. The minimum absolute atomic E-state index is 0.916. The minimum Gasteiger partial charge on any atom is -0.354 e. The Kier molecular flexibility index (Phi) is 9.12. The van der Waals surface area contributed by atoms with Crippen molar-refractivity contribution in [2.75, 3.05) is 21.3 Å². The highest BCUT2D eigenvalue weighted by Crippen LogP contribution is 2.56. The highest BCUT2D eigenvalue weighted by Gasteiger charge is 2.28. The molecule has 64 heavy (non-hydrogen) atoms. The highest BCUT2D eigenvalue weighted by molar-refractivity contribution is 6.31. The average molecular weight is 819 g/mol. The van der Waals surface area contributed by atoms with Gasteiger partial charge in [-0.25, -0.2) is 0 Å². The van der Waals surface area contributed by atoms with Crippen LogP contribution in [-0.4, -0.2) is 0 Å². The quantitative estimate of drug-likeness (QED) is 0.110. The van der Waals surface area contributed by atoms with E-state index in [1.807, 2.05) is 0 Å². The summed E-state index contributed by atoms with van der Waals surface area (Å²) in [5.41, 5.74) is 10.0. The fourth-order valence-corrected chi connectivity index (χ4v) is 9.51. The van der Waals surface area contributed by atoms with Crippen LogP contribution < -0.4 is 21.3 Å². The van der Waals surface area contributed by atoms with Gasteiger partial charge in [-0.2, -0.15) is 0 Å². The minimum atomic E-state index is 0.916. The van der Waals surface area contributed by atoms with Crippen LogP contribution in [0.3, 0.4) is 0 Å². The fraction of sp³-hybridized carbons (Fsp3) is 0. The first kappa shape index (κ1) is 37.2. The number of rotatable bonds is 9. The van der Waals surface area contributed by atoms with E-state index in [-0.39, 0.29) is 0 Å². The summed E-state index contributed by atoms with van der Waals surface area (Å²) in [7, 11) is 0. The van der Waals surface area contributed by atoms with E-state index in [1.54, 1.807) is 0 Å². The van der Waals surface area contributed by atoms with Gasteiger partial charge in [-0.05, 0) is 139 Å². The van der Waals surface area contributed by atoms with E-state index < -0.39 is 0 Å². The Morgan fingerprint density at radius 3 is 1.09 bits per heavy atom. The first-order valence-corrected chi connectivity index (χ1v) is 21.8. The molecule has 12 aromatic rings. The maximum absolute atomic E-state index is 4.07. The molecule has 0 heterocycles. The highest BCUT2D eigenvalue weighted by atomic mass is 15.0. The molecule has 4 heteroatoms. The van der Waals surface area contributed by atoms with Gasteiger partial charge in [-0.3, -0.25) is 0 Å². The molecule has 4 N–H and O–H groups in total. The summed E-state index contributed by atoms with van der Waals surface area (Å²) in [6.45, 7) is 0. The largest absolute Gasteiger partial charge is 0.354 e. The molecule has 0 saturated carbocycles. The van der Waals surface area contributed by atoms with Crippen LogP contribution in [0, 0.1) is 0 Å². The van der Waals surface area contributed by atoms with Crippen molar-refractivity contribution in [1.82, 2.24) is 0 Å². The van der Waals surface area contributed by atoms with Crippen LogP contribution in [-0.2, 0) is 0 Å². The first-order valence-electron chi connectivity index (χ1n) is 21.8. The van der Waals surface area contributed by atoms with Gasteiger partial charge in [0.2, 0.25) is 0 Å². The monoisotopic (exact) mass is 818 g/mol. The van der Waals surface area contributed by atoms with Crippen molar-refractivity contribution in [1.29, 1.82) is 0 Å². The van der Waals surface area contributed by atoms with E-state index in [0.717, 1.165) is 78.2 Å². The SMILES string of the molecule is c1ccc(Nc2c(Nc3ccccc3)c(Nc3ccccc3)c3c(Nc4ccccc4)c4cc5ccccc5cc4cc3c2-c2c3ccccc3cc3cc4ccccc4cc23)cc1. The molecule has 0 bridgehead atoms. The summed E-state index contributed by atoms with van der Waals surface area (Å²) in [4.78, 5) is 0. The molecule has 0 spiro atoms. The molecule has 0 fully saturated rings. The van der Waals surface area contributed by atoms with Crippen molar-refractivity contribution in [3.63, 3.8) is 0 Å². The molecule has 0 aliphatic rings. The van der Waals surface area contributed by atoms with Gasteiger partial charge in [0, 0.05) is 44.6 Å². The molecule has 4 nitrogen and oxygen atoms in total. The zero-order valence-electron chi connectivity index (χ0n) is 34.9. The van der Waals surface area contributed by atoms with Gasteiger partial charge in [-0.1, -0.05) is 146 Å². The molecule has 302 valence electrons. The lowest BCUT2D eigenvalue weighted by atomic mass is 9.84. The molecule has 0 unspecified atom stereocenters. The molecule has 0 aliphatic heterocycles. The van der Waals surface area contributed by atoms with Gasteiger partial charge in [0.25, 0.3) is 0 Å². The number of benzene rings is 12. The van der Waals surface area contributed by atoms with Crippen molar-refractivity contribution >= 4 is 110 Å². The number of para-hydroxylation sites is 4. The second-order valence-corrected chi connectivity index (χ2v) is 16.5. The van der Waals surface area contributed by atoms with Gasteiger partial charge in [0.15, 0.2) is 0 Å². The van der Waals surface area contributed by atoms with E-state index in [0.29, 0.717) is 0 Å². The lowest BCUT2D eigenvalue weighted by Gasteiger charge is -2.28. The third kappa shape index (κ3) is 6.66. The summed E-state index contributed by atoms with van der Waals surface area (Å²) in [6.07, 6.45) is 0. The Morgan fingerprint density at radius 2 is 0.562 bits per heavy atom. The Hall–Kier alpha value is -8.60. The van der Waals surface area contributed by atoms with Gasteiger partial charge in [0.1, 0.15) is 0 Å². The van der Waals surface area contributed by atoms with Crippen LogP contribution in [0.1, 0.15) is 0 Å². The standard InChI is InChI=1S/C60H42N4/c1-5-24-46(25-6-1)61-57-52-37-42-22-16-14-20-40(42)34-45(52)38-53-55(54-50-32-18-17-23-43(50)35-44-33-39-19-13-15-21-41(39)36-51(44)54)58(62-47-26-7-2-8-27-47)60(64-49-30-11-4-12-31-49)59(56(53)57)63-48-28-9-3-10-29-48/h1-38,61-64H. The van der Waals surface area contributed by atoms with Crippen molar-refractivity contribution in [2.45, 2.75) is 0 Å². The van der Waals surface area contributed by atoms with Crippen molar-refractivity contribution in [2.24, 2.45) is 0 Å². The number of nitrogens with one attached hydrogen (secondary N) is 4. The van der Waals surface area contributed by atoms with Crippen LogP contribution in [0.25, 0.3) is 75.8 Å². The normalized spacial score (nSPS) is 11.4. The lowest BCUT2D eigenvalue weighted by Crippen LogP contribution is -2.07. The van der Waals surface area contributed by atoms with Crippen LogP contribution in [0.2, 0.25) is 0 Å². The predicted molar refractivity (Wildman–Crippen MR) is 276 cm³/mol. The lowest BCUT2D eigenvalue weighted by molar-refractivity contribution is 1.49. The molecular weight excluding hydrogens is 777 g/mol. The number of hydrogen-bond acceptors (Lipinski definition) is 4. The van der Waals surface area contributed by atoms with E-state index >= 15 is 0 Å². The molecule has 12 aromatic carbocycles. The Morgan fingerprint density at radius 1 is 0.203 bits per heavy atom. The number of anilines is 8. The van der Waals surface area contributed by atoms with Gasteiger partial charge in [0.05, 0.1) is 22.7 Å². The van der Waals surface area contributed by atoms with E-state index in [1.165, 1.54) is 43.1 Å². The molecule has 0 atom stereocenters. The van der Waals surface area contributed by atoms with Crippen LogP contribution in [0.4, 0.5) is 45.5 Å². The fourth-order valence-electron chi connectivity index (χ4n) is 9.51. The van der Waals surface area contributed by atoms with Gasteiger partial charge >= 0.3 is 0 Å². The molecule has 0 aliphatic carbocycles. The van der Waals surface area contributed by atoms with Gasteiger partial charge < -0.3 is 21.3 Å². The summed E-state index contributed by atoms with van der Waals surface area (Å²) in [6, 6.07) is 82.6. The first-order chi connectivity index (χ1) is 31.7. The summed E-state index contributed by atoms with van der Waals surface area (Å²) in [5.74, 6) is 0. The smallest absolute Gasteiger partial charge is 0.0876 e. The average Bonchev–Trinajstić information content (AvgIpc) is 3.34. The van der Waals surface area contributed by atoms with Crippen LogP contribution in [0.15, 0.2) is 231 Å². The Labute approximate surface area is 371 Å². The second kappa shape index (κ2) is 15.7. The zero-order valence-corrected chi connectivity index (χ0v) is 34.9. The Balaban J connectivity index is 1.35. The third-order valence-corrected chi connectivity index (χ3v) is 12.4. The van der Waals surface area contributed by atoms with Gasteiger partial charge in [-0.15, -0.1) is 0 Å². The molecule has 0 radical (unpaired) electrons. The predicted octanol–water partition coefficient (Wildman–Crippen LogP) is 17.2. The Bertz CT molecular complexity index is 3700. The molecule has 0 aromatic heterocycles. The molecule has 12 rings (SSSR count). The topological polar surface area (TPSA) is 48.1 Å². The zero-order chi connectivity index (χ0) is 42.4.